The van der Waals surface area contributed by atoms with Gasteiger partial charge in [0.05, 0.1) is 7.11 Å². The van der Waals surface area contributed by atoms with E-state index in [9.17, 15) is 4.79 Å². The van der Waals surface area contributed by atoms with Crippen molar-refractivity contribution in [3.05, 3.63) is 84.0 Å². The Hall–Kier alpha value is -3.07. The van der Waals surface area contributed by atoms with Crippen LogP contribution >= 0.6 is 0 Å². The van der Waals surface area contributed by atoms with Crippen LogP contribution in [0.5, 0.6) is 5.75 Å². The summed E-state index contributed by atoms with van der Waals surface area (Å²) >= 11 is 0. The highest BCUT2D eigenvalue weighted by molar-refractivity contribution is 5.79. The van der Waals surface area contributed by atoms with Crippen LogP contribution in [-0.2, 0) is 11.2 Å². The molecule has 3 nitrogen and oxygen atoms in total. The van der Waals surface area contributed by atoms with Crippen molar-refractivity contribution < 1.29 is 14.6 Å². The first-order valence-corrected chi connectivity index (χ1v) is 8.95. The lowest BCUT2D eigenvalue weighted by Gasteiger charge is -2.14. The van der Waals surface area contributed by atoms with Crippen LogP contribution in [0.1, 0.15) is 30.0 Å². The lowest BCUT2D eigenvalue weighted by Crippen LogP contribution is -2.00. The van der Waals surface area contributed by atoms with Gasteiger partial charge in [-0.25, -0.2) is 0 Å². The first-order valence-electron chi connectivity index (χ1n) is 8.95. The van der Waals surface area contributed by atoms with Gasteiger partial charge in [0.2, 0.25) is 0 Å². The van der Waals surface area contributed by atoms with Gasteiger partial charge in [0.25, 0.3) is 0 Å². The van der Waals surface area contributed by atoms with Crippen LogP contribution in [0.2, 0.25) is 0 Å². The van der Waals surface area contributed by atoms with Crippen LogP contribution in [0.4, 0.5) is 0 Å². The number of carboxylic acid groups (broad SMARTS) is 1. The fourth-order valence-electron chi connectivity index (χ4n) is 3.05. The number of aliphatic carboxylic acids is 1. The van der Waals surface area contributed by atoms with E-state index in [1.807, 2.05) is 49.4 Å². The van der Waals surface area contributed by atoms with Crippen molar-refractivity contribution in [3.8, 4) is 16.9 Å². The molecule has 0 aromatic heterocycles. The number of ether oxygens (including phenoxy) is 1. The number of carbonyl (C=O) groups is 1. The molecular formula is C24H26O3. The normalized spacial score (nSPS) is 11.6. The topological polar surface area (TPSA) is 46.5 Å². The quantitative estimate of drug-likeness (QED) is 0.601. The summed E-state index contributed by atoms with van der Waals surface area (Å²) in [6.07, 6.45) is 8.43. The average Bonchev–Trinajstić information content (AvgIpc) is 2.67. The second-order valence-corrected chi connectivity index (χ2v) is 6.30. The van der Waals surface area contributed by atoms with E-state index in [-0.39, 0.29) is 6.42 Å². The van der Waals surface area contributed by atoms with Crippen molar-refractivity contribution in [3.63, 3.8) is 0 Å². The molecule has 0 aliphatic rings. The molecule has 0 heterocycles. The van der Waals surface area contributed by atoms with Gasteiger partial charge >= 0.3 is 5.97 Å². The SMILES string of the molecule is C=C/C(=C\C=C/C)c1ccc(-c2ccc(OC)cc2CCC(=O)O)cc1C. The minimum atomic E-state index is -0.806. The lowest BCUT2D eigenvalue weighted by molar-refractivity contribution is -0.136. The highest BCUT2D eigenvalue weighted by Crippen LogP contribution is 2.31. The zero-order chi connectivity index (χ0) is 19.8. The second kappa shape index (κ2) is 9.58. The monoisotopic (exact) mass is 362 g/mol. The van der Waals surface area contributed by atoms with Crippen molar-refractivity contribution in [2.45, 2.75) is 26.7 Å². The van der Waals surface area contributed by atoms with Gasteiger partial charge in [-0.15, -0.1) is 0 Å². The number of rotatable bonds is 8. The molecule has 0 bridgehead atoms. The second-order valence-electron chi connectivity index (χ2n) is 6.30. The molecule has 3 heteroatoms. The van der Waals surface area contributed by atoms with Crippen LogP contribution in [0.15, 0.2) is 67.3 Å². The minimum Gasteiger partial charge on any atom is -0.497 e. The first kappa shape index (κ1) is 20.2. The third-order valence-electron chi connectivity index (χ3n) is 4.46. The molecule has 0 spiro atoms. The van der Waals surface area contributed by atoms with Gasteiger partial charge in [-0.3, -0.25) is 4.79 Å². The van der Waals surface area contributed by atoms with E-state index in [1.54, 1.807) is 7.11 Å². The fraction of sp³-hybridized carbons (Fsp3) is 0.208. The molecule has 0 saturated carbocycles. The zero-order valence-corrected chi connectivity index (χ0v) is 16.2. The van der Waals surface area contributed by atoms with Gasteiger partial charge in [0, 0.05) is 6.42 Å². The van der Waals surface area contributed by atoms with Crippen molar-refractivity contribution in [2.24, 2.45) is 0 Å². The van der Waals surface area contributed by atoms with Gasteiger partial charge in [0.15, 0.2) is 0 Å². The molecule has 0 aliphatic heterocycles. The number of methoxy groups -OCH3 is 1. The Kier molecular flexibility index (Phi) is 7.18. The van der Waals surface area contributed by atoms with E-state index in [2.05, 4.69) is 31.7 Å². The van der Waals surface area contributed by atoms with Crippen LogP contribution < -0.4 is 4.74 Å². The number of allylic oxidation sites excluding steroid dienone is 5. The fourth-order valence-corrected chi connectivity index (χ4v) is 3.05. The molecule has 27 heavy (non-hydrogen) atoms. The molecule has 0 atom stereocenters. The Bertz CT molecular complexity index is 888. The maximum absolute atomic E-state index is 11.0. The Morgan fingerprint density at radius 2 is 2.00 bits per heavy atom. The molecule has 0 unspecified atom stereocenters. The molecule has 0 radical (unpaired) electrons. The van der Waals surface area contributed by atoms with E-state index in [0.29, 0.717) is 6.42 Å². The smallest absolute Gasteiger partial charge is 0.303 e. The Morgan fingerprint density at radius 1 is 1.22 bits per heavy atom. The molecule has 2 aromatic carbocycles. The predicted octanol–water partition coefficient (Wildman–Crippen LogP) is 5.83. The maximum atomic E-state index is 11.0. The van der Waals surface area contributed by atoms with E-state index in [1.165, 1.54) is 0 Å². The van der Waals surface area contributed by atoms with Crippen LogP contribution in [0, 0.1) is 6.92 Å². The summed E-state index contributed by atoms with van der Waals surface area (Å²) in [6.45, 7) is 7.97. The van der Waals surface area contributed by atoms with E-state index < -0.39 is 5.97 Å². The van der Waals surface area contributed by atoms with Gasteiger partial charge in [-0.2, -0.15) is 0 Å². The Labute approximate surface area is 161 Å². The molecular weight excluding hydrogens is 336 g/mol. The number of benzene rings is 2. The van der Waals surface area contributed by atoms with E-state index in [0.717, 1.165) is 39.1 Å². The number of hydrogen-bond acceptors (Lipinski definition) is 2. The highest BCUT2D eigenvalue weighted by atomic mass is 16.5. The summed E-state index contributed by atoms with van der Waals surface area (Å²) in [5, 5.41) is 9.05. The van der Waals surface area contributed by atoms with Crippen LogP contribution in [0.25, 0.3) is 16.7 Å². The summed E-state index contributed by atoms with van der Waals surface area (Å²) in [7, 11) is 1.61. The van der Waals surface area contributed by atoms with E-state index >= 15 is 0 Å². The van der Waals surface area contributed by atoms with Gasteiger partial charge in [-0.1, -0.05) is 55.1 Å². The number of aryl methyl sites for hydroxylation is 2. The highest BCUT2D eigenvalue weighted by Gasteiger charge is 2.11. The predicted molar refractivity (Wildman–Crippen MR) is 112 cm³/mol. The van der Waals surface area contributed by atoms with E-state index in [4.69, 9.17) is 9.84 Å². The average molecular weight is 362 g/mol. The number of carboxylic acids is 1. The minimum absolute atomic E-state index is 0.0872. The van der Waals surface area contributed by atoms with Gasteiger partial charge in [-0.05, 0) is 65.8 Å². The van der Waals surface area contributed by atoms with Crippen LogP contribution in [-0.4, -0.2) is 18.2 Å². The molecule has 2 aromatic rings. The maximum Gasteiger partial charge on any atom is 0.303 e. The third-order valence-corrected chi connectivity index (χ3v) is 4.46. The molecule has 0 saturated heterocycles. The molecule has 1 N–H and O–H groups in total. The lowest BCUT2D eigenvalue weighted by atomic mass is 9.92. The summed E-state index contributed by atoms with van der Waals surface area (Å²) in [5.41, 5.74) is 6.41. The summed E-state index contributed by atoms with van der Waals surface area (Å²) in [5.74, 6) is -0.0734. The zero-order valence-electron chi connectivity index (χ0n) is 16.2. The van der Waals surface area contributed by atoms with Crippen LogP contribution in [0.3, 0.4) is 0 Å². The van der Waals surface area contributed by atoms with Gasteiger partial charge in [0.1, 0.15) is 5.75 Å². The third kappa shape index (κ3) is 5.20. The largest absolute Gasteiger partial charge is 0.497 e. The summed E-state index contributed by atoms with van der Waals surface area (Å²) in [4.78, 5) is 11.0. The molecule has 0 fully saturated rings. The summed E-state index contributed by atoms with van der Waals surface area (Å²) < 4.78 is 5.31. The molecule has 2 rings (SSSR count). The van der Waals surface area contributed by atoms with Gasteiger partial charge < -0.3 is 9.84 Å². The standard InChI is InChI=1S/C24H26O3/c1-5-7-8-18(6-2)22-12-9-19(15-17(22)3)23-13-11-21(27-4)16-20(23)10-14-24(25)26/h5-9,11-13,15-16H,2,10,14H2,1,3-4H3,(H,25,26)/b7-5-,18-8+. The Balaban J connectivity index is 2.47. The van der Waals surface area contributed by atoms with Crippen molar-refractivity contribution in [1.29, 1.82) is 0 Å². The Morgan fingerprint density at radius 3 is 2.59 bits per heavy atom. The summed E-state index contributed by atoms with van der Waals surface area (Å²) in [6, 6.07) is 12.1. The molecule has 140 valence electrons. The number of hydrogen-bond donors (Lipinski definition) is 1. The van der Waals surface area contributed by atoms with Crippen molar-refractivity contribution >= 4 is 11.5 Å². The van der Waals surface area contributed by atoms with Crippen molar-refractivity contribution in [1.82, 2.24) is 0 Å². The molecule has 0 amide bonds. The molecule has 0 aliphatic carbocycles. The first-order chi connectivity index (χ1) is 13.0. The van der Waals surface area contributed by atoms with Crippen molar-refractivity contribution in [2.75, 3.05) is 7.11 Å².